The predicted molar refractivity (Wildman–Crippen MR) is 155 cm³/mol. The lowest BCUT2D eigenvalue weighted by atomic mass is 9.86. The van der Waals surface area contributed by atoms with Crippen LogP contribution in [0.5, 0.6) is 0 Å². The number of rotatable bonds is 6. The molecule has 8 heteroatoms. The minimum absolute atomic E-state index is 0.0151. The molecule has 0 spiro atoms. The highest BCUT2D eigenvalue weighted by atomic mass is 32.2. The van der Waals surface area contributed by atoms with Crippen LogP contribution in [0.15, 0.2) is 72.8 Å². The Bertz CT molecular complexity index is 1500. The number of anilines is 1. The average Bonchev–Trinajstić information content (AvgIpc) is 3.23. The van der Waals surface area contributed by atoms with E-state index in [9.17, 15) is 14.1 Å². The van der Waals surface area contributed by atoms with Gasteiger partial charge in [0.05, 0.1) is 0 Å². The van der Waals surface area contributed by atoms with Crippen molar-refractivity contribution in [2.24, 2.45) is 5.14 Å². The minimum Gasteiger partial charge on any atom is -0.477 e. The first kappa shape index (κ1) is 26.2. The lowest BCUT2D eigenvalue weighted by molar-refractivity contribution is 0.0687. The number of nitrogens with two attached hydrogens (primary N) is 1. The molecule has 1 atom stereocenters. The van der Waals surface area contributed by atoms with E-state index in [0.29, 0.717) is 25.3 Å². The van der Waals surface area contributed by atoms with Gasteiger partial charge in [0, 0.05) is 54.9 Å². The summed E-state index contributed by atoms with van der Waals surface area (Å²) < 4.78 is 15.3. The molecule has 0 amide bonds. The molecular formula is C30H34N4O3S. The zero-order valence-electron chi connectivity index (χ0n) is 22.1. The number of hydrogen-bond acceptors (Lipinski definition) is 3. The first-order chi connectivity index (χ1) is 18.1. The van der Waals surface area contributed by atoms with Crippen molar-refractivity contribution in [1.82, 2.24) is 8.87 Å². The number of aromatic nitrogens is 1. The highest BCUT2D eigenvalue weighted by Gasteiger charge is 2.25. The van der Waals surface area contributed by atoms with Gasteiger partial charge >= 0.3 is 5.97 Å². The predicted octanol–water partition coefficient (Wildman–Crippen LogP) is 5.01. The van der Waals surface area contributed by atoms with Crippen LogP contribution in [-0.2, 0) is 23.1 Å². The Morgan fingerprint density at radius 2 is 1.63 bits per heavy atom. The summed E-state index contributed by atoms with van der Waals surface area (Å²) in [4.78, 5) is 15.0. The second-order valence-corrected chi connectivity index (χ2v) is 11.9. The van der Waals surface area contributed by atoms with Crippen molar-refractivity contribution in [2.45, 2.75) is 32.7 Å². The normalized spacial score (nSPS) is 15.6. The van der Waals surface area contributed by atoms with Gasteiger partial charge in [0.25, 0.3) is 0 Å². The van der Waals surface area contributed by atoms with Crippen molar-refractivity contribution in [3.8, 4) is 11.1 Å². The van der Waals surface area contributed by atoms with Gasteiger partial charge in [-0.05, 0) is 40.3 Å². The van der Waals surface area contributed by atoms with Crippen LogP contribution in [-0.4, -0.2) is 50.3 Å². The van der Waals surface area contributed by atoms with Crippen LogP contribution in [0.3, 0.4) is 0 Å². The number of benzene rings is 3. The van der Waals surface area contributed by atoms with E-state index in [4.69, 9.17) is 5.14 Å². The third kappa shape index (κ3) is 5.12. The fourth-order valence-corrected chi connectivity index (χ4v) is 5.80. The molecule has 0 bridgehead atoms. The van der Waals surface area contributed by atoms with Crippen molar-refractivity contribution in [3.63, 3.8) is 0 Å². The van der Waals surface area contributed by atoms with Crippen molar-refractivity contribution < 1.29 is 14.1 Å². The van der Waals surface area contributed by atoms with Crippen molar-refractivity contribution in [1.29, 1.82) is 0 Å². The summed E-state index contributed by atoms with van der Waals surface area (Å²) in [7, 11) is 0. The van der Waals surface area contributed by atoms with Gasteiger partial charge in [-0.25, -0.2) is 18.4 Å². The van der Waals surface area contributed by atoms with E-state index in [1.807, 2.05) is 53.1 Å². The van der Waals surface area contributed by atoms with Gasteiger partial charge in [-0.3, -0.25) is 0 Å². The topological polar surface area (TPSA) is 91.8 Å². The zero-order chi connectivity index (χ0) is 27.0. The summed E-state index contributed by atoms with van der Waals surface area (Å²) in [5.74, 6) is -0.946. The molecule has 7 nitrogen and oxygen atoms in total. The summed E-state index contributed by atoms with van der Waals surface area (Å²) in [5, 5.41) is 16.9. The van der Waals surface area contributed by atoms with Crippen LogP contribution in [0, 0.1) is 0 Å². The van der Waals surface area contributed by atoms with Crippen LogP contribution < -0.4 is 10.0 Å². The monoisotopic (exact) mass is 530 g/mol. The SMILES string of the molecule is CC(C)(C)c1ccc(-c2c(C(=O)O)n(Cc3cccc(N4CCN(S(N)=O)CC4)c3)c3ccccc23)cc1. The maximum absolute atomic E-state index is 12.7. The van der Waals surface area contributed by atoms with Gasteiger partial charge in [-0.2, -0.15) is 0 Å². The van der Waals surface area contributed by atoms with Gasteiger partial charge < -0.3 is 14.6 Å². The second-order valence-electron chi connectivity index (χ2n) is 10.8. The van der Waals surface area contributed by atoms with E-state index in [0.717, 1.165) is 46.4 Å². The van der Waals surface area contributed by atoms with Gasteiger partial charge in [0.2, 0.25) is 0 Å². The Kier molecular flexibility index (Phi) is 7.13. The molecule has 1 unspecified atom stereocenters. The summed E-state index contributed by atoms with van der Waals surface area (Å²) in [6, 6.07) is 24.4. The number of para-hydroxylation sites is 1. The van der Waals surface area contributed by atoms with Crippen LogP contribution in [0.1, 0.15) is 42.4 Å². The van der Waals surface area contributed by atoms with E-state index in [1.54, 1.807) is 4.31 Å². The Labute approximate surface area is 226 Å². The molecule has 1 aliphatic heterocycles. The van der Waals surface area contributed by atoms with E-state index < -0.39 is 17.1 Å². The lowest BCUT2D eigenvalue weighted by Gasteiger charge is -2.34. The largest absolute Gasteiger partial charge is 0.477 e. The molecule has 0 aliphatic carbocycles. The van der Waals surface area contributed by atoms with Crippen LogP contribution in [0.2, 0.25) is 0 Å². The fourth-order valence-electron chi connectivity index (χ4n) is 5.28. The highest BCUT2D eigenvalue weighted by Crippen LogP contribution is 2.37. The molecule has 0 saturated carbocycles. The number of carboxylic acids is 1. The molecule has 0 radical (unpaired) electrons. The molecule has 2 heterocycles. The summed E-state index contributed by atoms with van der Waals surface area (Å²) in [6.07, 6.45) is 0. The number of hydrogen-bond donors (Lipinski definition) is 2. The molecular weight excluding hydrogens is 496 g/mol. The van der Waals surface area contributed by atoms with E-state index in [1.165, 1.54) is 5.56 Å². The Morgan fingerprint density at radius 3 is 2.26 bits per heavy atom. The number of aromatic carboxylic acids is 1. The molecule has 3 aromatic carbocycles. The second kappa shape index (κ2) is 10.4. The first-order valence-electron chi connectivity index (χ1n) is 12.8. The maximum atomic E-state index is 12.7. The maximum Gasteiger partial charge on any atom is 0.353 e. The molecule has 4 aromatic rings. The number of nitrogens with zero attached hydrogens (tertiary/aromatic N) is 3. The smallest absolute Gasteiger partial charge is 0.353 e. The standard InChI is InChI=1S/C30H34N4O3S/c1-30(2,3)23-13-11-22(12-14-23)27-25-9-4-5-10-26(25)34(28(27)29(35)36)20-21-7-6-8-24(19-21)32-15-17-33(18-16-32)38(31)37/h4-14,19H,15-18,20,31H2,1-3H3,(H,35,36). The lowest BCUT2D eigenvalue weighted by Crippen LogP contribution is -2.48. The third-order valence-electron chi connectivity index (χ3n) is 7.32. The summed E-state index contributed by atoms with van der Waals surface area (Å²) in [6.45, 7) is 9.67. The van der Waals surface area contributed by atoms with Crippen LogP contribution in [0.25, 0.3) is 22.0 Å². The zero-order valence-corrected chi connectivity index (χ0v) is 22.9. The van der Waals surface area contributed by atoms with E-state index in [2.05, 4.69) is 49.9 Å². The number of fused-ring (bicyclic) bond motifs is 1. The molecule has 1 fully saturated rings. The number of carbonyl (C=O) groups is 1. The van der Waals surface area contributed by atoms with Gasteiger partial charge in [0.1, 0.15) is 5.69 Å². The highest BCUT2D eigenvalue weighted by molar-refractivity contribution is 7.80. The van der Waals surface area contributed by atoms with Crippen molar-refractivity contribution >= 4 is 33.7 Å². The van der Waals surface area contributed by atoms with E-state index >= 15 is 0 Å². The Morgan fingerprint density at radius 1 is 0.947 bits per heavy atom. The molecule has 38 heavy (non-hydrogen) atoms. The van der Waals surface area contributed by atoms with Crippen molar-refractivity contribution in [3.05, 3.63) is 89.6 Å². The number of carboxylic acid groups (broad SMARTS) is 1. The molecule has 3 N–H and O–H groups in total. The molecule has 5 rings (SSSR count). The molecule has 1 aromatic heterocycles. The average molecular weight is 531 g/mol. The van der Waals surface area contributed by atoms with Crippen LogP contribution >= 0.6 is 0 Å². The number of piperazine rings is 1. The summed E-state index contributed by atoms with van der Waals surface area (Å²) >= 11 is -1.45. The molecule has 198 valence electrons. The molecule has 1 saturated heterocycles. The fraction of sp³-hybridized carbons (Fsp3) is 0.300. The molecule has 1 aliphatic rings. The van der Waals surface area contributed by atoms with Crippen LogP contribution in [0.4, 0.5) is 5.69 Å². The summed E-state index contributed by atoms with van der Waals surface area (Å²) in [5.41, 5.74) is 6.13. The minimum atomic E-state index is -1.45. The first-order valence-corrected chi connectivity index (χ1v) is 14.0. The van der Waals surface area contributed by atoms with Gasteiger partial charge in [0.15, 0.2) is 11.2 Å². The third-order valence-corrected chi connectivity index (χ3v) is 8.20. The van der Waals surface area contributed by atoms with E-state index in [-0.39, 0.29) is 5.41 Å². The van der Waals surface area contributed by atoms with Gasteiger partial charge in [-0.15, -0.1) is 0 Å². The van der Waals surface area contributed by atoms with Crippen molar-refractivity contribution in [2.75, 3.05) is 31.1 Å². The quantitative estimate of drug-likeness (QED) is 0.367. The Balaban J connectivity index is 1.53. The van der Waals surface area contributed by atoms with Gasteiger partial charge in [-0.1, -0.05) is 75.4 Å². The Hall–Kier alpha value is -3.46.